The van der Waals surface area contributed by atoms with Crippen molar-refractivity contribution < 1.29 is 43.2 Å². The average Bonchev–Trinajstić information content (AvgIpc) is 2.91. The molecular weight excluding hydrogens is 694 g/mol. The molecule has 0 aliphatic carbocycles. The van der Waals surface area contributed by atoms with E-state index in [-0.39, 0.29) is 37.2 Å². The molecule has 8 heteroatoms. The van der Waals surface area contributed by atoms with E-state index in [0.29, 0.717) is 22.4 Å². The van der Waals surface area contributed by atoms with Gasteiger partial charge in [-0.2, -0.15) is 18.4 Å². The van der Waals surface area contributed by atoms with E-state index in [2.05, 4.69) is 17.1 Å². The molecule has 4 aromatic carbocycles. The number of aromatic nitrogens is 1. The van der Waals surface area contributed by atoms with Crippen LogP contribution in [0.25, 0.3) is 43.9 Å². The van der Waals surface area contributed by atoms with Gasteiger partial charge in [-0.05, 0) is 59.5 Å². The minimum atomic E-state index is -4.44. The summed E-state index contributed by atoms with van der Waals surface area (Å²) in [4.78, 5) is 14.5. The Bertz CT molecular complexity index is 1770. The SMILES string of the molecule is CC(=O)/C=C(/C)O.N#Cc1cc(-c2nccc3cc(-c4ccccc4C(F)(F)F)ccc23)[c-]c2ccccc12.[Ir]. The Labute approximate surface area is 242 Å². The molecule has 0 aliphatic rings. The van der Waals surface area contributed by atoms with Gasteiger partial charge in [0, 0.05) is 38.1 Å². The van der Waals surface area contributed by atoms with Crippen molar-refractivity contribution in [3.63, 3.8) is 0 Å². The molecule has 5 aromatic rings. The number of benzene rings is 4. The standard InChI is InChI=1S/C27H14F3N2.C5H8O2.Ir/c28-27(29,30)25-8-4-3-7-23(25)18-9-10-24-19(13-18)11-12-32-26(24)20-14-17-5-1-2-6-22(17)21(15-20)16-31;1-4(6)3-5(2)7;/h1-13,15H;3,6H,1-2H3;/q-1;;/b;4-3-;. The van der Waals surface area contributed by atoms with Crippen molar-refractivity contribution in [2.45, 2.75) is 20.0 Å². The number of rotatable bonds is 3. The first-order chi connectivity index (χ1) is 18.6. The molecule has 1 radical (unpaired) electrons. The van der Waals surface area contributed by atoms with E-state index in [1.807, 2.05) is 24.3 Å². The number of ketones is 1. The molecule has 5 rings (SSSR count). The fourth-order valence-electron chi connectivity index (χ4n) is 4.29. The van der Waals surface area contributed by atoms with Gasteiger partial charge in [-0.1, -0.05) is 59.5 Å². The zero-order valence-corrected chi connectivity index (χ0v) is 23.8. The van der Waals surface area contributed by atoms with Crippen LogP contribution in [0.1, 0.15) is 25.0 Å². The van der Waals surface area contributed by atoms with Crippen molar-refractivity contribution in [2.24, 2.45) is 0 Å². The van der Waals surface area contributed by atoms with Crippen molar-refractivity contribution >= 4 is 27.3 Å². The predicted octanol–water partition coefficient (Wildman–Crippen LogP) is 8.45. The van der Waals surface area contributed by atoms with Crippen LogP contribution in [0.5, 0.6) is 0 Å². The van der Waals surface area contributed by atoms with Crippen LogP contribution in [0, 0.1) is 17.4 Å². The number of pyridine rings is 1. The van der Waals surface area contributed by atoms with Crippen LogP contribution in [0.2, 0.25) is 0 Å². The van der Waals surface area contributed by atoms with Crippen molar-refractivity contribution in [3.05, 3.63) is 114 Å². The summed E-state index contributed by atoms with van der Waals surface area (Å²) in [7, 11) is 0. The minimum Gasteiger partial charge on any atom is -0.512 e. The summed E-state index contributed by atoms with van der Waals surface area (Å²) in [6.45, 7) is 2.85. The number of carbonyl (C=O) groups excluding carboxylic acids is 1. The van der Waals surface area contributed by atoms with Crippen molar-refractivity contribution in [3.8, 4) is 28.5 Å². The molecule has 0 amide bonds. The van der Waals surface area contributed by atoms with Gasteiger partial charge in [-0.25, -0.2) is 0 Å². The quantitative estimate of drug-likeness (QED) is 0.116. The summed E-state index contributed by atoms with van der Waals surface area (Å²) in [5.41, 5.74) is 1.74. The number of halogens is 3. The first-order valence-corrected chi connectivity index (χ1v) is 11.9. The van der Waals surface area contributed by atoms with Crippen molar-refractivity contribution in [1.82, 2.24) is 4.98 Å². The van der Waals surface area contributed by atoms with Gasteiger partial charge in [0.05, 0.1) is 17.4 Å². The zero-order valence-electron chi connectivity index (χ0n) is 21.4. The fraction of sp³-hybridized carbons (Fsp3) is 0.0938. The van der Waals surface area contributed by atoms with E-state index in [4.69, 9.17) is 5.11 Å². The molecule has 1 heterocycles. The first-order valence-electron chi connectivity index (χ1n) is 11.9. The Kier molecular flexibility index (Phi) is 9.60. The van der Waals surface area contributed by atoms with Gasteiger partial charge in [-0.15, -0.1) is 23.6 Å². The normalized spacial score (nSPS) is 11.2. The number of aliphatic hydroxyl groups excluding tert-OH is 1. The van der Waals surface area contributed by atoms with Crippen LogP contribution >= 0.6 is 0 Å². The van der Waals surface area contributed by atoms with Crippen molar-refractivity contribution in [1.29, 1.82) is 5.26 Å². The van der Waals surface area contributed by atoms with Gasteiger partial charge in [0.2, 0.25) is 0 Å². The minimum absolute atomic E-state index is 0. The molecule has 203 valence electrons. The third-order valence-electron chi connectivity index (χ3n) is 5.87. The van der Waals surface area contributed by atoms with Crippen molar-refractivity contribution in [2.75, 3.05) is 0 Å². The van der Waals surface area contributed by atoms with E-state index >= 15 is 0 Å². The molecular formula is C32H22F3IrN2O2-. The number of fused-ring (bicyclic) bond motifs is 2. The van der Waals surface area contributed by atoms with Gasteiger partial charge >= 0.3 is 6.18 Å². The van der Waals surface area contributed by atoms with E-state index in [1.165, 1.54) is 32.1 Å². The second-order valence-electron chi connectivity index (χ2n) is 8.79. The number of aliphatic hydroxyl groups is 1. The number of alkyl halides is 3. The predicted molar refractivity (Wildman–Crippen MR) is 146 cm³/mol. The number of hydrogen-bond donors (Lipinski definition) is 1. The molecule has 4 nitrogen and oxygen atoms in total. The summed E-state index contributed by atoms with van der Waals surface area (Å²) in [6, 6.07) is 27.3. The van der Waals surface area contributed by atoms with E-state index < -0.39 is 11.7 Å². The number of nitrogens with zero attached hydrogens (tertiary/aromatic N) is 2. The van der Waals surface area contributed by atoms with Gasteiger partial charge in [0.15, 0.2) is 5.78 Å². The topological polar surface area (TPSA) is 74.0 Å². The Hall–Kier alpha value is -4.31. The van der Waals surface area contributed by atoms with Gasteiger partial charge in [0.25, 0.3) is 0 Å². The van der Waals surface area contributed by atoms with E-state index in [0.717, 1.165) is 27.6 Å². The molecule has 0 saturated carbocycles. The summed E-state index contributed by atoms with van der Waals surface area (Å²) < 4.78 is 40.5. The summed E-state index contributed by atoms with van der Waals surface area (Å²) in [5.74, 6) is -0.0625. The number of carbonyl (C=O) groups is 1. The Morgan fingerprint density at radius 3 is 2.33 bits per heavy atom. The van der Waals surface area contributed by atoms with Crippen LogP contribution in [0.15, 0.2) is 96.9 Å². The Morgan fingerprint density at radius 2 is 1.68 bits per heavy atom. The molecule has 0 saturated heterocycles. The Balaban J connectivity index is 0.000000492. The summed E-state index contributed by atoms with van der Waals surface area (Å²) in [6.07, 6.45) is -1.66. The van der Waals surface area contributed by atoms with Crippen LogP contribution in [-0.4, -0.2) is 15.9 Å². The molecule has 1 aromatic heterocycles. The number of hydrogen-bond acceptors (Lipinski definition) is 4. The Morgan fingerprint density at radius 1 is 0.975 bits per heavy atom. The average molecular weight is 716 g/mol. The third kappa shape index (κ3) is 6.81. The fourth-order valence-corrected chi connectivity index (χ4v) is 4.29. The molecule has 0 bridgehead atoms. The second-order valence-corrected chi connectivity index (χ2v) is 8.79. The maximum Gasteiger partial charge on any atom is 0.417 e. The third-order valence-corrected chi connectivity index (χ3v) is 5.87. The molecule has 0 aliphatic heterocycles. The summed E-state index contributed by atoms with van der Waals surface area (Å²) in [5, 5.41) is 21.1. The maximum absolute atomic E-state index is 13.5. The number of allylic oxidation sites excluding steroid dienone is 2. The molecule has 40 heavy (non-hydrogen) atoms. The van der Waals surface area contributed by atoms with Gasteiger partial charge < -0.3 is 5.11 Å². The molecule has 0 unspecified atom stereocenters. The smallest absolute Gasteiger partial charge is 0.417 e. The number of nitriles is 1. The van der Waals surface area contributed by atoms with E-state index in [9.17, 15) is 23.2 Å². The molecule has 0 atom stereocenters. The monoisotopic (exact) mass is 716 g/mol. The maximum atomic E-state index is 13.5. The van der Waals surface area contributed by atoms with Crippen LogP contribution < -0.4 is 0 Å². The molecule has 0 spiro atoms. The second kappa shape index (κ2) is 12.7. The van der Waals surface area contributed by atoms with Gasteiger partial charge in [0.1, 0.15) is 0 Å². The largest absolute Gasteiger partial charge is 0.512 e. The zero-order chi connectivity index (χ0) is 28.2. The van der Waals surface area contributed by atoms with Crippen LogP contribution in [-0.2, 0) is 31.1 Å². The van der Waals surface area contributed by atoms with Crippen LogP contribution in [0.3, 0.4) is 0 Å². The van der Waals surface area contributed by atoms with E-state index in [1.54, 1.807) is 42.6 Å². The molecule has 0 fully saturated rings. The summed E-state index contributed by atoms with van der Waals surface area (Å²) >= 11 is 0. The van der Waals surface area contributed by atoms with Crippen LogP contribution in [0.4, 0.5) is 13.2 Å². The molecule has 1 N–H and O–H groups in total. The van der Waals surface area contributed by atoms with Gasteiger partial charge in [-0.3, -0.25) is 9.78 Å². The first kappa shape index (κ1) is 30.2.